The van der Waals surface area contributed by atoms with Gasteiger partial charge < -0.3 is 15.0 Å². The first-order valence-corrected chi connectivity index (χ1v) is 10.5. The molecule has 2 amide bonds. The van der Waals surface area contributed by atoms with Crippen LogP contribution >= 0.6 is 0 Å². The van der Waals surface area contributed by atoms with Gasteiger partial charge in [0.1, 0.15) is 17.4 Å². The van der Waals surface area contributed by atoms with E-state index >= 15 is 0 Å². The van der Waals surface area contributed by atoms with Crippen molar-refractivity contribution in [2.24, 2.45) is 5.92 Å². The fourth-order valence-corrected chi connectivity index (χ4v) is 3.70. The van der Waals surface area contributed by atoms with Crippen molar-refractivity contribution in [2.75, 3.05) is 18.4 Å². The first-order chi connectivity index (χ1) is 15.9. The third-order valence-electron chi connectivity index (χ3n) is 5.52. The summed E-state index contributed by atoms with van der Waals surface area (Å²) in [6, 6.07) is 10.1. The number of anilines is 1. The third-order valence-corrected chi connectivity index (χ3v) is 5.52. The quantitative estimate of drug-likeness (QED) is 0.622. The topological polar surface area (TPSA) is 84.4 Å². The number of ether oxygens (including phenoxy) is 1. The number of hydrogen-bond acceptors (Lipinski definition) is 5. The van der Waals surface area contributed by atoms with E-state index < -0.39 is 17.5 Å². The Morgan fingerprint density at radius 3 is 2.45 bits per heavy atom. The summed E-state index contributed by atoms with van der Waals surface area (Å²) in [6.07, 6.45) is 4.07. The highest BCUT2D eigenvalue weighted by molar-refractivity contribution is 5.95. The molecule has 1 N–H and O–H groups in total. The largest absolute Gasteiger partial charge is 0.424 e. The number of hydrogen-bond donors (Lipinski definition) is 1. The second-order valence-electron chi connectivity index (χ2n) is 7.79. The highest BCUT2D eigenvalue weighted by Gasteiger charge is 2.29. The van der Waals surface area contributed by atoms with Crippen LogP contribution in [-0.2, 0) is 4.79 Å². The minimum atomic E-state index is -0.887. The SMILES string of the molecule is Cc1cc(Oc2ncccn2)ccc1NC(=O)C1CCN(C(=O)c2ccc(F)cc2F)CC1. The molecule has 170 valence electrons. The van der Waals surface area contributed by atoms with Gasteiger partial charge in [0.05, 0.1) is 5.56 Å². The Morgan fingerprint density at radius 2 is 1.79 bits per heavy atom. The molecule has 1 fully saturated rings. The van der Waals surface area contributed by atoms with E-state index in [2.05, 4.69) is 15.3 Å². The van der Waals surface area contributed by atoms with Gasteiger partial charge in [-0.15, -0.1) is 0 Å². The van der Waals surface area contributed by atoms with E-state index in [0.29, 0.717) is 43.4 Å². The number of nitrogens with zero attached hydrogens (tertiary/aromatic N) is 3. The minimum Gasteiger partial charge on any atom is -0.424 e. The van der Waals surface area contributed by atoms with Crippen molar-refractivity contribution in [1.29, 1.82) is 0 Å². The number of benzene rings is 2. The van der Waals surface area contributed by atoms with Crippen LogP contribution in [0.3, 0.4) is 0 Å². The van der Waals surface area contributed by atoms with Gasteiger partial charge in [-0.2, -0.15) is 0 Å². The summed E-state index contributed by atoms with van der Waals surface area (Å²) in [7, 11) is 0. The summed E-state index contributed by atoms with van der Waals surface area (Å²) >= 11 is 0. The van der Waals surface area contributed by atoms with Gasteiger partial charge in [0.25, 0.3) is 5.91 Å². The molecule has 0 atom stereocenters. The average molecular weight is 452 g/mol. The molecule has 0 aliphatic carbocycles. The van der Waals surface area contributed by atoms with Gasteiger partial charge >= 0.3 is 6.01 Å². The number of carbonyl (C=O) groups excluding carboxylic acids is 2. The molecule has 3 aromatic rings. The molecule has 1 aliphatic rings. The number of piperidine rings is 1. The van der Waals surface area contributed by atoms with Crippen LogP contribution in [-0.4, -0.2) is 39.8 Å². The Kier molecular flexibility index (Phi) is 6.58. The standard InChI is InChI=1S/C24H22F2N4O3/c1-15-13-18(33-24-27-9-2-10-28-24)4-6-21(15)29-22(31)16-7-11-30(12-8-16)23(32)19-5-3-17(25)14-20(19)26/h2-6,9-10,13-14,16H,7-8,11-12H2,1H3,(H,29,31). The van der Waals surface area contributed by atoms with Crippen molar-refractivity contribution in [3.05, 3.63) is 77.6 Å². The van der Waals surface area contributed by atoms with Crippen LogP contribution in [0, 0.1) is 24.5 Å². The van der Waals surface area contributed by atoms with Crippen LogP contribution in [0.5, 0.6) is 11.8 Å². The monoisotopic (exact) mass is 452 g/mol. The van der Waals surface area contributed by atoms with Crippen molar-refractivity contribution < 1.29 is 23.1 Å². The van der Waals surface area contributed by atoms with Gasteiger partial charge in [0.2, 0.25) is 5.91 Å². The molecule has 0 radical (unpaired) electrons. The normalized spacial score (nSPS) is 14.1. The number of halogens is 2. The maximum absolute atomic E-state index is 13.9. The molecule has 1 aliphatic heterocycles. The van der Waals surface area contributed by atoms with Gasteiger partial charge in [0, 0.05) is 43.2 Å². The van der Waals surface area contributed by atoms with Gasteiger partial charge in [-0.3, -0.25) is 9.59 Å². The second-order valence-corrected chi connectivity index (χ2v) is 7.79. The number of aromatic nitrogens is 2. The lowest BCUT2D eigenvalue weighted by atomic mass is 9.95. The molecule has 9 heteroatoms. The summed E-state index contributed by atoms with van der Waals surface area (Å²) in [5.41, 5.74) is 1.31. The molecule has 2 aromatic carbocycles. The zero-order valence-electron chi connectivity index (χ0n) is 17.9. The van der Waals surface area contributed by atoms with Gasteiger partial charge in [-0.05, 0) is 61.7 Å². The molecule has 0 bridgehead atoms. The Hall–Kier alpha value is -3.88. The van der Waals surface area contributed by atoms with E-state index in [0.717, 1.165) is 17.7 Å². The number of aryl methyl sites for hydroxylation is 1. The van der Waals surface area contributed by atoms with Crippen molar-refractivity contribution in [1.82, 2.24) is 14.9 Å². The lowest BCUT2D eigenvalue weighted by Crippen LogP contribution is -2.41. The lowest BCUT2D eigenvalue weighted by Gasteiger charge is -2.31. The smallest absolute Gasteiger partial charge is 0.321 e. The average Bonchev–Trinajstić information content (AvgIpc) is 2.81. The molecule has 1 aromatic heterocycles. The zero-order valence-corrected chi connectivity index (χ0v) is 17.9. The van der Waals surface area contributed by atoms with E-state index in [1.54, 1.807) is 36.7 Å². The number of likely N-dealkylation sites (tertiary alicyclic amines) is 1. The first-order valence-electron chi connectivity index (χ1n) is 10.5. The number of carbonyl (C=O) groups is 2. The summed E-state index contributed by atoms with van der Waals surface area (Å²) in [5, 5.41) is 2.93. The van der Waals surface area contributed by atoms with Crippen LogP contribution in [0.2, 0.25) is 0 Å². The van der Waals surface area contributed by atoms with Crippen molar-refractivity contribution in [3.8, 4) is 11.8 Å². The molecule has 1 saturated heterocycles. The second kappa shape index (κ2) is 9.72. The maximum atomic E-state index is 13.9. The number of amides is 2. The number of nitrogens with one attached hydrogen (secondary N) is 1. The molecule has 7 nitrogen and oxygen atoms in total. The van der Waals surface area contributed by atoms with E-state index in [9.17, 15) is 18.4 Å². The van der Waals surface area contributed by atoms with Crippen LogP contribution in [0.25, 0.3) is 0 Å². The molecule has 0 unspecified atom stereocenters. The molecule has 0 saturated carbocycles. The molecule has 33 heavy (non-hydrogen) atoms. The van der Waals surface area contributed by atoms with Crippen molar-refractivity contribution >= 4 is 17.5 Å². The Labute approximate surface area is 189 Å². The maximum Gasteiger partial charge on any atom is 0.321 e. The van der Waals surface area contributed by atoms with Crippen LogP contribution < -0.4 is 10.1 Å². The lowest BCUT2D eigenvalue weighted by molar-refractivity contribution is -0.121. The summed E-state index contributed by atoms with van der Waals surface area (Å²) in [6.45, 7) is 2.49. The van der Waals surface area contributed by atoms with Crippen molar-refractivity contribution in [3.63, 3.8) is 0 Å². The van der Waals surface area contributed by atoms with E-state index in [1.807, 2.05) is 6.92 Å². The molecular formula is C24H22F2N4O3. The molecule has 4 rings (SSSR count). The highest BCUT2D eigenvalue weighted by atomic mass is 19.1. The molecule has 0 spiro atoms. The Balaban J connectivity index is 1.33. The minimum absolute atomic E-state index is 0.141. The fraction of sp³-hybridized carbons (Fsp3) is 0.250. The fourth-order valence-electron chi connectivity index (χ4n) is 3.70. The summed E-state index contributed by atoms with van der Waals surface area (Å²) < 4.78 is 32.6. The molecular weight excluding hydrogens is 430 g/mol. The first kappa shape index (κ1) is 22.3. The number of rotatable bonds is 5. The predicted octanol–water partition coefficient (Wildman–Crippen LogP) is 4.35. The van der Waals surface area contributed by atoms with Crippen molar-refractivity contribution in [2.45, 2.75) is 19.8 Å². The Morgan fingerprint density at radius 1 is 1.06 bits per heavy atom. The van der Waals surface area contributed by atoms with Crippen LogP contribution in [0.1, 0.15) is 28.8 Å². The summed E-state index contributed by atoms with van der Waals surface area (Å²) in [4.78, 5) is 34.8. The van der Waals surface area contributed by atoms with Crippen LogP contribution in [0.4, 0.5) is 14.5 Å². The van der Waals surface area contributed by atoms with Crippen LogP contribution in [0.15, 0.2) is 54.9 Å². The summed E-state index contributed by atoms with van der Waals surface area (Å²) in [5.74, 6) is -1.99. The van der Waals surface area contributed by atoms with E-state index in [-0.39, 0.29) is 23.4 Å². The third kappa shape index (κ3) is 5.31. The molecule has 2 heterocycles. The zero-order chi connectivity index (χ0) is 23.4. The van der Waals surface area contributed by atoms with E-state index in [1.165, 1.54) is 4.90 Å². The predicted molar refractivity (Wildman–Crippen MR) is 117 cm³/mol. The highest BCUT2D eigenvalue weighted by Crippen LogP contribution is 2.26. The van der Waals surface area contributed by atoms with Gasteiger partial charge in [-0.1, -0.05) is 0 Å². The van der Waals surface area contributed by atoms with E-state index in [4.69, 9.17) is 4.74 Å². The Bertz CT molecular complexity index is 1170. The van der Waals surface area contributed by atoms with Gasteiger partial charge in [-0.25, -0.2) is 18.7 Å². The van der Waals surface area contributed by atoms with Gasteiger partial charge in [0.15, 0.2) is 0 Å².